The predicted octanol–water partition coefficient (Wildman–Crippen LogP) is 1.86. The molecule has 0 spiro atoms. The Bertz CT molecular complexity index is 178. The number of hydrazine groups is 1. The summed E-state index contributed by atoms with van der Waals surface area (Å²) in [7, 11) is 0. The average Bonchev–Trinajstić information content (AvgIpc) is 2.10. The SMILES string of the molecule is C=CN=NN(N)CCC(=C)CCl. The first kappa shape index (κ1) is 11.1. The number of rotatable bonds is 6. The predicted molar refractivity (Wildman–Crippen MR) is 50.4 cm³/mol. The summed E-state index contributed by atoms with van der Waals surface area (Å²) in [4.78, 5) is 0. The Balaban J connectivity index is 3.56. The van der Waals surface area contributed by atoms with Gasteiger partial charge in [0.25, 0.3) is 0 Å². The van der Waals surface area contributed by atoms with Crippen molar-refractivity contribution in [1.29, 1.82) is 0 Å². The third kappa shape index (κ3) is 5.88. The molecule has 0 aliphatic heterocycles. The third-order valence-corrected chi connectivity index (χ3v) is 1.51. The molecule has 0 rings (SSSR count). The van der Waals surface area contributed by atoms with E-state index in [9.17, 15) is 0 Å². The third-order valence-electron chi connectivity index (χ3n) is 1.13. The van der Waals surface area contributed by atoms with Gasteiger partial charge in [-0.25, -0.2) is 11.0 Å². The van der Waals surface area contributed by atoms with Gasteiger partial charge in [-0.05, 0) is 6.42 Å². The van der Waals surface area contributed by atoms with Crippen LogP contribution in [0.3, 0.4) is 0 Å². The molecule has 68 valence electrons. The van der Waals surface area contributed by atoms with Gasteiger partial charge in [-0.1, -0.05) is 24.0 Å². The van der Waals surface area contributed by atoms with Crippen molar-refractivity contribution in [1.82, 2.24) is 5.12 Å². The Hall–Kier alpha value is -0.870. The Kier molecular flexibility index (Phi) is 6.32. The maximum Gasteiger partial charge on any atom is 0.0585 e. The lowest BCUT2D eigenvalue weighted by Gasteiger charge is -2.09. The Labute approximate surface area is 77.3 Å². The lowest BCUT2D eigenvalue weighted by atomic mass is 10.2. The van der Waals surface area contributed by atoms with E-state index in [0.717, 1.165) is 12.0 Å². The van der Waals surface area contributed by atoms with Gasteiger partial charge in [0.05, 0.1) is 6.54 Å². The molecule has 0 aromatic carbocycles. The molecule has 0 aliphatic carbocycles. The van der Waals surface area contributed by atoms with Crippen molar-refractivity contribution in [2.75, 3.05) is 12.4 Å². The summed E-state index contributed by atoms with van der Waals surface area (Å²) in [6, 6.07) is 0. The standard InChI is InChI=1S/C7H13ClN4/c1-3-10-11-12(9)5-4-7(2)6-8/h3H,1-2,4-6,9H2. The Morgan fingerprint density at radius 2 is 2.33 bits per heavy atom. The molecule has 0 radical (unpaired) electrons. The molecule has 5 heteroatoms. The first-order valence-corrected chi connectivity index (χ1v) is 4.00. The summed E-state index contributed by atoms with van der Waals surface area (Å²) in [6.45, 7) is 7.64. The van der Waals surface area contributed by atoms with E-state index in [2.05, 4.69) is 23.5 Å². The van der Waals surface area contributed by atoms with Crippen LogP contribution in [0.5, 0.6) is 0 Å². The highest BCUT2D eigenvalue weighted by Gasteiger charge is 1.95. The van der Waals surface area contributed by atoms with Crippen LogP contribution in [0.4, 0.5) is 0 Å². The number of halogens is 1. The van der Waals surface area contributed by atoms with Gasteiger partial charge in [0, 0.05) is 12.1 Å². The molecular weight excluding hydrogens is 176 g/mol. The molecule has 0 heterocycles. The fourth-order valence-electron chi connectivity index (χ4n) is 0.487. The van der Waals surface area contributed by atoms with Crippen molar-refractivity contribution in [2.24, 2.45) is 16.2 Å². The Morgan fingerprint density at radius 1 is 1.67 bits per heavy atom. The Morgan fingerprint density at radius 3 is 2.83 bits per heavy atom. The number of alkyl halides is 1. The average molecular weight is 189 g/mol. The van der Waals surface area contributed by atoms with Crippen molar-refractivity contribution < 1.29 is 0 Å². The summed E-state index contributed by atoms with van der Waals surface area (Å²) in [5, 5.41) is 8.31. The van der Waals surface area contributed by atoms with Crippen LogP contribution in [0.25, 0.3) is 0 Å². The van der Waals surface area contributed by atoms with Crippen LogP contribution < -0.4 is 5.84 Å². The van der Waals surface area contributed by atoms with E-state index < -0.39 is 0 Å². The highest BCUT2D eigenvalue weighted by Crippen LogP contribution is 2.00. The molecule has 0 unspecified atom stereocenters. The van der Waals surface area contributed by atoms with Crippen LogP contribution in [0, 0.1) is 0 Å². The second kappa shape index (κ2) is 6.82. The molecule has 0 aromatic heterocycles. The molecule has 12 heavy (non-hydrogen) atoms. The van der Waals surface area contributed by atoms with E-state index in [0.29, 0.717) is 12.4 Å². The molecule has 0 bridgehead atoms. The van der Waals surface area contributed by atoms with E-state index in [1.807, 2.05) is 0 Å². The molecule has 4 nitrogen and oxygen atoms in total. The quantitative estimate of drug-likeness (QED) is 0.227. The van der Waals surface area contributed by atoms with E-state index >= 15 is 0 Å². The monoisotopic (exact) mass is 188 g/mol. The van der Waals surface area contributed by atoms with Gasteiger partial charge in [-0.2, -0.15) is 0 Å². The zero-order chi connectivity index (χ0) is 9.40. The molecule has 2 N–H and O–H groups in total. The minimum absolute atomic E-state index is 0.451. The van der Waals surface area contributed by atoms with Crippen LogP contribution in [-0.4, -0.2) is 17.5 Å². The molecule has 0 fully saturated rings. The highest BCUT2D eigenvalue weighted by molar-refractivity contribution is 6.19. The van der Waals surface area contributed by atoms with Gasteiger partial charge in [0.15, 0.2) is 0 Å². The van der Waals surface area contributed by atoms with E-state index in [-0.39, 0.29) is 0 Å². The number of hydrogen-bond donors (Lipinski definition) is 1. The summed E-state index contributed by atoms with van der Waals surface area (Å²) < 4.78 is 0. The lowest BCUT2D eigenvalue weighted by Crippen LogP contribution is -2.25. The smallest absolute Gasteiger partial charge is 0.0585 e. The summed E-state index contributed by atoms with van der Waals surface area (Å²) in [5.74, 6) is 5.85. The zero-order valence-corrected chi connectivity index (χ0v) is 7.67. The number of nitrogens with zero attached hydrogens (tertiary/aromatic N) is 3. The zero-order valence-electron chi connectivity index (χ0n) is 6.91. The molecule has 0 saturated carbocycles. The largest absolute Gasteiger partial charge is 0.230 e. The van der Waals surface area contributed by atoms with E-state index in [1.165, 1.54) is 11.3 Å². The molecular formula is C7H13ClN4. The maximum absolute atomic E-state index is 5.51. The van der Waals surface area contributed by atoms with E-state index in [1.54, 1.807) is 0 Å². The summed E-state index contributed by atoms with van der Waals surface area (Å²) >= 11 is 5.51. The second-order valence-electron chi connectivity index (χ2n) is 2.18. The van der Waals surface area contributed by atoms with Crippen LogP contribution >= 0.6 is 11.6 Å². The molecule has 0 saturated heterocycles. The molecule has 0 atom stereocenters. The van der Waals surface area contributed by atoms with Crippen LogP contribution in [0.15, 0.2) is 35.3 Å². The minimum atomic E-state index is 0.451. The summed E-state index contributed by atoms with van der Waals surface area (Å²) in [6.07, 6.45) is 2.03. The van der Waals surface area contributed by atoms with Gasteiger partial charge in [-0.15, -0.1) is 16.7 Å². The van der Waals surface area contributed by atoms with Crippen molar-refractivity contribution in [3.05, 3.63) is 24.9 Å². The van der Waals surface area contributed by atoms with Crippen LogP contribution in [0.2, 0.25) is 0 Å². The number of hydrogen-bond acceptors (Lipinski definition) is 3. The van der Waals surface area contributed by atoms with Crippen LogP contribution in [-0.2, 0) is 0 Å². The van der Waals surface area contributed by atoms with Crippen molar-refractivity contribution in [3.8, 4) is 0 Å². The topological polar surface area (TPSA) is 54.0 Å². The first-order valence-electron chi connectivity index (χ1n) is 3.47. The van der Waals surface area contributed by atoms with Gasteiger partial charge in [0.2, 0.25) is 0 Å². The van der Waals surface area contributed by atoms with Gasteiger partial charge in [0.1, 0.15) is 0 Å². The fourth-order valence-corrected chi connectivity index (χ4v) is 0.621. The first-order chi connectivity index (χ1) is 5.70. The van der Waals surface area contributed by atoms with E-state index in [4.69, 9.17) is 17.4 Å². The van der Waals surface area contributed by atoms with Gasteiger partial charge in [-0.3, -0.25) is 0 Å². The normalized spacial score (nSPS) is 10.2. The van der Waals surface area contributed by atoms with Gasteiger partial charge >= 0.3 is 0 Å². The maximum atomic E-state index is 5.51. The van der Waals surface area contributed by atoms with Crippen LogP contribution in [0.1, 0.15) is 6.42 Å². The fraction of sp³-hybridized carbons (Fsp3) is 0.429. The van der Waals surface area contributed by atoms with Crippen molar-refractivity contribution >= 4 is 11.6 Å². The lowest BCUT2D eigenvalue weighted by molar-refractivity contribution is 0.282. The highest BCUT2D eigenvalue weighted by atomic mass is 35.5. The van der Waals surface area contributed by atoms with Gasteiger partial charge < -0.3 is 0 Å². The van der Waals surface area contributed by atoms with Crippen molar-refractivity contribution in [3.63, 3.8) is 0 Å². The molecule has 0 amide bonds. The number of nitrogens with two attached hydrogens (primary N) is 1. The second-order valence-corrected chi connectivity index (χ2v) is 2.45. The minimum Gasteiger partial charge on any atom is -0.230 e. The molecule has 0 aromatic rings. The molecule has 0 aliphatic rings. The van der Waals surface area contributed by atoms with Crippen molar-refractivity contribution in [2.45, 2.75) is 6.42 Å². The summed E-state index contributed by atoms with van der Waals surface area (Å²) in [5.41, 5.74) is 0.931.